The Morgan fingerprint density at radius 3 is 1.72 bits per heavy atom. The van der Waals surface area contributed by atoms with Crippen LogP contribution < -0.4 is 0 Å². The lowest BCUT2D eigenvalue weighted by atomic mass is 9.81. The number of nitrogens with zero attached hydrogens (tertiary/aromatic N) is 2. The van der Waals surface area contributed by atoms with Gasteiger partial charge in [0, 0.05) is 22.1 Å². The van der Waals surface area contributed by atoms with Gasteiger partial charge < -0.3 is 0 Å². The molecule has 9 aromatic rings. The Labute approximate surface area is 350 Å². The van der Waals surface area contributed by atoms with E-state index in [1.54, 1.807) is 0 Å². The van der Waals surface area contributed by atoms with E-state index >= 15 is 0 Å². The molecule has 250 valence electrons. The summed E-state index contributed by atoms with van der Waals surface area (Å²) in [6, 6.07) is -23.9. The van der Waals surface area contributed by atoms with Crippen LogP contribution in [0.15, 0.2) is 181 Å². The molecule has 0 aliphatic heterocycles. The molecule has 0 atom stereocenters. The first-order valence-electron chi connectivity index (χ1n) is 30.5. The van der Waals surface area contributed by atoms with E-state index in [1.807, 2.05) is 0 Å². The van der Waals surface area contributed by atoms with Crippen LogP contribution in [0.1, 0.15) is 64.7 Å². The fraction of sp³-hybridized carbons (Fsp3) is 0.0588. The molecule has 1 aliphatic rings. The summed E-state index contributed by atoms with van der Waals surface area (Å²) in [6.07, 6.45) is 0. The lowest BCUT2D eigenvalue weighted by molar-refractivity contribution is 0.661. The SMILES string of the molecule is [2H]c1c([2H])c([2H])c(-c2nc(-c3c([2H])c([2H])c(-c4c([2H])c([2H])c([2H])c([2H])c4[2H])c([2H])c3[2H])cc(-c3c([2H])c([2H])c(-c4c([2H])c([2H])c([2H])c5c4-c4c(c([2H])c6c([2H])c([2H])c([2H])c([2H])c6c4[2H])C5(C)C)c4c([2H])c([2H])c([2H])c([2H])c34)n2)c([2H])c1[2H]. The Morgan fingerprint density at radius 2 is 0.981 bits per heavy atom. The highest BCUT2D eigenvalue weighted by Crippen LogP contribution is 2.54. The summed E-state index contributed by atoms with van der Waals surface area (Å²) >= 11 is 0. The molecule has 0 saturated heterocycles. The maximum Gasteiger partial charge on any atom is 0.160 e. The monoisotopic (exact) mass is 705 g/mol. The molecule has 0 unspecified atom stereocenters. The Morgan fingerprint density at radius 1 is 0.415 bits per heavy atom. The molecule has 10 rings (SSSR count). The van der Waals surface area contributed by atoms with Crippen LogP contribution in [-0.2, 0) is 5.41 Å². The molecule has 1 aromatic heterocycles. The average molecular weight is 706 g/mol. The van der Waals surface area contributed by atoms with Crippen molar-refractivity contribution in [2.75, 3.05) is 0 Å². The van der Waals surface area contributed by atoms with Gasteiger partial charge in [-0.3, -0.25) is 0 Å². The van der Waals surface area contributed by atoms with E-state index < -0.39 is 253 Å². The van der Waals surface area contributed by atoms with E-state index in [-0.39, 0.29) is 27.6 Å². The maximum atomic E-state index is 9.93. The molecule has 53 heavy (non-hydrogen) atoms. The second-order valence-electron chi connectivity index (χ2n) is 12.3. The molecule has 0 N–H and O–H groups in total. The van der Waals surface area contributed by atoms with Gasteiger partial charge in [-0.15, -0.1) is 0 Å². The molecule has 0 saturated carbocycles. The van der Waals surface area contributed by atoms with Crippen molar-refractivity contribution in [2.24, 2.45) is 0 Å². The average Bonchev–Trinajstić information content (AvgIpc) is 3.87. The van der Waals surface area contributed by atoms with Gasteiger partial charge in [-0.1, -0.05) is 177 Å². The zero-order valence-electron chi connectivity index (χ0n) is 56.5. The molecule has 2 nitrogen and oxygen atoms in total. The minimum Gasteiger partial charge on any atom is -0.228 e. The zero-order chi connectivity index (χ0) is 60.8. The molecule has 0 spiro atoms. The Kier molecular flexibility index (Phi) is 3.10. The van der Waals surface area contributed by atoms with Crippen LogP contribution in [0.25, 0.3) is 88.8 Å². The van der Waals surface area contributed by atoms with Gasteiger partial charge in [0.25, 0.3) is 0 Å². The Balaban J connectivity index is 1.39. The Bertz CT molecular complexity index is 4450. The third kappa shape index (κ3) is 5.18. The molecule has 2 heteroatoms. The summed E-state index contributed by atoms with van der Waals surface area (Å²) in [5, 5.41) is -2.11. The summed E-state index contributed by atoms with van der Waals surface area (Å²) < 4.78 is 260. The number of aromatic nitrogens is 2. The summed E-state index contributed by atoms with van der Waals surface area (Å²) in [7, 11) is 0. The minimum absolute atomic E-state index is 0.0885. The van der Waals surface area contributed by atoms with Crippen LogP contribution in [0.2, 0.25) is 0 Å². The largest absolute Gasteiger partial charge is 0.228 e. The smallest absolute Gasteiger partial charge is 0.160 e. The van der Waals surface area contributed by atoms with E-state index in [0.29, 0.717) is 0 Å². The quantitative estimate of drug-likeness (QED) is 0.178. The summed E-state index contributed by atoms with van der Waals surface area (Å²) in [5.41, 5.74) is -8.57. The fourth-order valence-electron chi connectivity index (χ4n) is 6.40. The van der Waals surface area contributed by atoms with Crippen molar-refractivity contribution in [2.45, 2.75) is 19.3 Å². The first kappa shape index (κ1) is 13.4. The van der Waals surface area contributed by atoms with Gasteiger partial charge in [-0.05, 0) is 84.2 Å². The predicted octanol–water partition coefficient (Wildman–Crippen LogP) is 13.4. The number of fused-ring (bicyclic) bond motifs is 5. The van der Waals surface area contributed by atoms with Crippen LogP contribution in [0, 0.1) is 0 Å². The third-order valence-corrected chi connectivity index (χ3v) is 8.90. The fourth-order valence-corrected chi connectivity index (χ4v) is 6.40. The van der Waals surface area contributed by atoms with E-state index in [4.69, 9.17) is 24.7 Å². The first-order valence-corrected chi connectivity index (χ1v) is 16.0. The van der Waals surface area contributed by atoms with Crippen LogP contribution in [0.5, 0.6) is 0 Å². The van der Waals surface area contributed by atoms with Crippen molar-refractivity contribution < 1.29 is 39.8 Å². The van der Waals surface area contributed by atoms with Gasteiger partial charge in [0.15, 0.2) is 5.82 Å². The number of benzene rings is 8. The second-order valence-corrected chi connectivity index (χ2v) is 12.3. The van der Waals surface area contributed by atoms with Gasteiger partial charge in [0.1, 0.15) is 0 Å². The van der Waals surface area contributed by atoms with Crippen LogP contribution >= 0.6 is 0 Å². The van der Waals surface area contributed by atoms with Crippen molar-refractivity contribution in [1.29, 1.82) is 0 Å². The molecular weight excluding hydrogens is 641 g/mol. The highest BCUT2D eigenvalue weighted by Gasteiger charge is 2.37. The van der Waals surface area contributed by atoms with Crippen molar-refractivity contribution in [1.82, 2.24) is 9.97 Å². The number of hydrogen-bond donors (Lipinski definition) is 0. The van der Waals surface area contributed by atoms with E-state index in [1.165, 1.54) is 13.8 Å². The summed E-state index contributed by atoms with van der Waals surface area (Å²) in [4.78, 5) is 8.90. The van der Waals surface area contributed by atoms with Gasteiger partial charge in [0.2, 0.25) is 0 Å². The lowest BCUT2D eigenvalue weighted by Gasteiger charge is -2.22. The van der Waals surface area contributed by atoms with Crippen LogP contribution in [0.3, 0.4) is 0 Å². The number of hydrogen-bond acceptors (Lipinski definition) is 2. The molecule has 8 aromatic carbocycles. The zero-order valence-corrected chi connectivity index (χ0v) is 27.5. The highest BCUT2D eigenvalue weighted by molar-refractivity contribution is 6.08. The predicted molar refractivity (Wildman–Crippen MR) is 222 cm³/mol. The molecule has 0 radical (unpaired) electrons. The van der Waals surface area contributed by atoms with E-state index in [2.05, 4.69) is 9.97 Å². The standard InChI is InChI=1S/C51H36N2/c1-51(2)45-23-13-22-43(49(45)44-30-37-18-9-10-19-38(37)31-46(44)51)41-28-29-42(40-21-12-11-20-39(40)41)48-32-47(52-50(53-48)36-16-7-4-8-17-36)35-26-24-34(25-27-35)33-14-5-3-6-15-33/h3-32H,1-2H3/i3D,4D,5D,6D,7D,8D,9D,10D,11D,12D,13D,14D,15D,16D,17D,18D,19D,20D,21D,22D,23D,24D,25D,26D,27D,28D,29D,30D,31D. The van der Waals surface area contributed by atoms with Crippen LogP contribution in [0.4, 0.5) is 0 Å². The van der Waals surface area contributed by atoms with Crippen molar-refractivity contribution in [3.05, 3.63) is 192 Å². The molecule has 0 fully saturated rings. The Hall–Kier alpha value is -6.64. The van der Waals surface area contributed by atoms with Gasteiger partial charge in [0.05, 0.1) is 51.1 Å². The highest BCUT2D eigenvalue weighted by atomic mass is 14.9. The van der Waals surface area contributed by atoms with Crippen molar-refractivity contribution >= 4 is 21.5 Å². The van der Waals surface area contributed by atoms with Crippen molar-refractivity contribution in [3.8, 4) is 67.3 Å². The summed E-state index contributed by atoms with van der Waals surface area (Å²) in [5.74, 6) is -0.825. The molecule has 0 amide bonds. The molecule has 1 heterocycles. The molecular formula is C51H36N2. The number of rotatable bonds is 5. The molecule has 0 bridgehead atoms. The molecule has 1 aliphatic carbocycles. The first-order chi connectivity index (χ1) is 38.1. The summed E-state index contributed by atoms with van der Waals surface area (Å²) in [6.45, 7) is 3.01. The van der Waals surface area contributed by atoms with E-state index in [9.17, 15) is 15.1 Å². The minimum atomic E-state index is -1.60. The van der Waals surface area contributed by atoms with Gasteiger partial charge >= 0.3 is 0 Å². The topological polar surface area (TPSA) is 25.8 Å². The maximum absolute atomic E-state index is 9.93. The van der Waals surface area contributed by atoms with E-state index in [0.717, 1.165) is 6.07 Å². The van der Waals surface area contributed by atoms with Crippen LogP contribution in [-0.4, -0.2) is 9.97 Å². The van der Waals surface area contributed by atoms with Gasteiger partial charge in [-0.25, -0.2) is 9.97 Å². The lowest BCUT2D eigenvalue weighted by Crippen LogP contribution is -2.14. The van der Waals surface area contributed by atoms with Crippen molar-refractivity contribution in [3.63, 3.8) is 0 Å². The van der Waals surface area contributed by atoms with Gasteiger partial charge in [-0.2, -0.15) is 0 Å². The third-order valence-electron chi connectivity index (χ3n) is 8.90. The second kappa shape index (κ2) is 12.3. The normalized spacial score (nSPS) is 20.5.